The van der Waals surface area contributed by atoms with Crippen molar-refractivity contribution in [1.82, 2.24) is 19.7 Å². The molecule has 2 aromatic heterocycles. The Morgan fingerprint density at radius 2 is 1.79 bits per heavy atom. The monoisotopic (exact) mass is 342 g/mol. The van der Waals surface area contributed by atoms with Crippen molar-refractivity contribution in [3.63, 3.8) is 0 Å². The van der Waals surface area contributed by atoms with Crippen molar-refractivity contribution >= 4 is 11.8 Å². The molecular formula is C17H18N4O2S. The predicted molar refractivity (Wildman–Crippen MR) is 92.6 cm³/mol. The molecule has 3 rings (SSSR count). The number of pyridine rings is 1. The van der Waals surface area contributed by atoms with E-state index in [1.54, 1.807) is 12.4 Å². The minimum Gasteiger partial charge on any atom is -0.394 e. The van der Waals surface area contributed by atoms with E-state index in [4.69, 9.17) is 5.11 Å². The maximum absolute atomic E-state index is 9.59. The number of benzene rings is 1. The fourth-order valence-electron chi connectivity index (χ4n) is 2.24. The normalized spacial score (nSPS) is 12.2. The molecule has 0 amide bonds. The van der Waals surface area contributed by atoms with Crippen LogP contribution < -0.4 is 0 Å². The summed E-state index contributed by atoms with van der Waals surface area (Å²) in [6, 6.07) is 13.8. The second-order valence-corrected chi connectivity index (χ2v) is 6.25. The quantitative estimate of drug-likeness (QED) is 0.637. The van der Waals surface area contributed by atoms with E-state index in [-0.39, 0.29) is 6.61 Å². The Morgan fingerprint density at radius 3 is 2.50 bits per heavy atom. The van der Waals surface area contributed by atoms with E-state index < -0.39 is 6.10 Å². The van der Waals surface area contributed by atoms with Gasteiger partial charge in [-0.15, -0.1) is 10.2 Å². The van der Waals surface area contributed by atoms with Gasteiger partial charge in [0.2, 0.25) is 0 Å². The molecule has 0 spiro atoms. The lowest BCUT2D eigenvalue weighted by molar-refractivity contribution is 0.113. The van der Waals surface area contributed by atoms with E-state index in [0.29, 0.717) is 17.5 Å². The van der Waals surface area contributed by atoms with Crippen molar-refractivity contribution in [2.75, 3.05) is 12.4 Å². The smallest absolute Gasteiger partial charge is 0.191 e. The van der Waals surface area contributed by atoms with Crippen LogP contribution in [0.2, 0.25) is 0 Å². The van der Waals surface area contributed by atoms with Crippen molar-refractivity contribution in [3.8, 4) is 11.4 Å². The van der Waals surface area contributed by atoms with Gasteiger partial charge in [0.25, 0.3) is 0 Å². The van der Waals surface area contributed by atoms with Crippen LogP contribution in [-0.4, -0.2) is 48.4 Å². The summed E-state index contributed by atoms with van der Waals surface area (Å²) in [5, 5.41) is 27.8. The van der Waals surface area contributed by atoms with Crippen molar-refractivity contribution in [1.29, 1.82) is 0 Å². The molecule has 2 heterocycles. The number of aliphatic hydroxyl groups excluding tert-OH is 2. The number of hydrogen-bond donors (Lipinski definition) is 2. The molecule has 124 valence electrons. The van der Waals surface area contributed by atoms with Gasteiger partial charge < -0.3 is 10.2 Å². The van der Waals surface area contributed by atoms with Crippen LogP contribution in [0, 0.1) is 0 Å². The summed E-state index contributed by atoms with van der Waals surface area (Å²) in [5.41, 5.74) is 2.07. The maximum atomic E-state index is 9.59. The summed E-state index contributed by atoms with van der Waals surface area (Å²) < 4.78 is 2.01. The van der Waals surface area contributed by atoms with Crippen LogP contribution >= 0.6 is 11.8 Å². The minimum atomic E-state index is -0.777. The fraction of sp³-hybridized carbons (Fsp3) is 0.235. The molecule has 0 bridgehead atoms. The molecule has 3 aromatic rings. The molecule has 0 radical (unpaired) electrons. The lowest BCUT2D eigenvalue weighted by Crippen LogP contribution is -2.15. The Morgan fingerprint density at radius 1 is 1.04 bits per heavy atom. The second-order valence-electron chi connectivity index (χ2n) is 5.26. The molecule has 2 N–H and O–H groups in total. The molecule has 1 aromatic carbocycles. The standard InChI is InChI=1S/C17H18N4O2S/c22-11-15(23)12-24-17-20-19-16(14-6-8-18-9-7-14)21(17)10-13-4-2-1-3-5-13/h1-9,15,22-23H,10-12H2. The van der Waals surface area contributed by atoms with Crippen LogP contribution in [0.5, 0.6) is 0 Å². The van der Waals surface area contributed by atoms with Crippen molar-refractivity contribution in [2.45, 2.75) is 17.8 Å². The van der Waals surface area contributed by atoms with Crippen molar-refractivity contribution in [3.05, 3.63) is 60.4 Å². The third-order valence-corrected chi connectivity index (χ3v) is 4.57. The van der Waals surface area contributed by atoms with Crippen LogP contribution in [0.15, 0.2) is 60.0 Å². The molecule has 6 nitrogen and oxygen atoms in total. The van der Waals surface area contributed by atoms with Gasteiger partial charge in [0.15, 0.2) is 11.0 Å². The van der Waals surface area contributed by atoms with E-state index in [1.165, 1.54) is 11.8 Å². The largest absolute Gasteiger partial charge is 0.394 e. The van der Waals surface area contributed by atoms with Gasteiger partial charge in [-0.1, -0.05) is 42.1 Å². The summed E-state index contributed by atoms with van der Waals surface area (Å²) in [4.78, 5) is 4.04. The number of aromatic nitrogens is 4. The van der Waals surface area contributed by atoms with Gasteiger partial charge in [0, 0.05) is 23.7 Å². The Labute approximate surface area is 144 Å². The molecule has 0 aliphatic heterocycles. The van der Waals surface area contributed by atoms with Crippen LogP contribution in [0.25, 0.3) is 11.4 Å². The van der Waals surface area contributed by atoms with E-state index in [9.17, 15) is 5.11 Å². The topological polar surface area (TPSA) is 84.1 Å². The highest BCUT2D eigenvalue weighted by Crippen LogP contribution is 2.25. The molecule has 1 atom stereocenters. The Bertz CT molecular complexity index is 765. The average Bonchev–Trinajstić information content (AvgIpc) is 3.04. The average molecular weight is 342 g/mol. The molecule has 0 aliphatic carbocycles. The molecule has 0 saturated carbocycles. The SMILES string of the molecule is OCC(O)CSc1nnc(-c2ccncc2)n1Cc1ccccc1. The van der Waals surface area contributed by atoms with Gasteiger partial charge in [0.1, 0.15) is 0 Å². The lowest BCUT2D eigenvalue weighted by Gasteiger charge is -2.11. The first-order valence-electron chi connectivity index (χ1n) is 7.57. The molecular weight excluding hydrogens is 324 g/mol. The molecule has 0 fully saturated rings. The van der Waals surface area contributed by atoms with Crippen LogP contribution in [-0.2, 0) is 6.54 Å². The summed E-state index contributed by atoms with van der Waals surface area (Å²) in [6.07, 6.45) is 2.67. The van der Waals surface area contributed by atoms with Gasteiger partial charge in [-0.05, 0) is 17.7 Å². The summed E-state index contributed by atoms with van der Waals surface area (Å²) in [5.74, 6) is 1.11. The van der Waals surface area contributed by atoms with Gasteiger partial charge in [0.05, 0.1) is 19.3 Å². The molecule has 0 saturated heterocycles. The number of aliphatic hydroxyl groups is 2. The number of rotatable bonds is 7. The van der Waals surface area contributed by atoms with Crippen LogP contribution in [0.1, 0.15) is 5.56 Å². The first-order chi connectivity index (χ1) is 11.8. The van der Waals surface area contributed by atoms with Crippen molar-refractivity contribution < 1.29 is 10.2 Å². The van der Waals surface area contributed by atoms with Gasteiger partial charge in [-0.2, -0.15) is 0 Å². The molecule has 1 unspecified atom stereocenters. The Hall–Kier alpha value is -2.22. The van der Waals surface area contributed by atoms with Crippen LogP contribution in [0.3, 0.4) is 0 Å². The number of hydrogen-bond acceptors (Lipinski definition) is 6. The van der Waals surface area contributed by atoms with Gasteiger partial charge >= 0.3 is 0 Å². The highest BCUT2D eigenvalue weighted by atomic mass is 32.2. The highest BCUT2D eigenvalue weighted by Gasteiger charge is 2.16. The summed E-state index contributed by atoms with van der Waals surface area (Å²) in [7, 11) is 0. The Kier molecular flexibility index (Phi) is 5.58. The zero-order chi connectivity index (χ0) is 16.8. The van der Waals surface area contributed by atoms with Crippen LogP contribution in [0.4, 0.5) is 0 Å². The minimum absolute atomic E-state index is 0.267. The summed E-state index contributed by atoms with van der Waals surface area (Å²) >= 11 is 1.38. The number of nitrogens with zero attached hydrogens (tertiary/aromatic N) is 4. The summed E-state index contributed by atoms with van der Waals surface area (Å²) in [6.45, 7) is 0.361. The van der Waals surface area contributed by atoms with Crippen molar-refractivity contribution in [2.24, 2.45) is 0 Å². The first-order valence-corrected chi connectivity index (χ1v) is 8.55. The third kappa shape index (κ3) is 4.00. The molecule has 24 heavy (non-hydrogen) atoms. The van der Waals surface area contributed by atoms with E-state index in [2.05, 4.69) is 15.2 Å². The lowest BCUT2D eigenvalue weighted by atomic mass is 10.2. The fourth-order valence-corrected chi connectivity index (χ4v) is 3.09. The van der Waals surface area contributed by atoms with E-state index >= 15 is 0 Å². The Balaban J connectivity index is 1.92. The van der Waals surface area contributed by atoms with E-state index in [1.807, 2.05) is 47.0 Å². The number of thioether (sulfide) groups is 1. The first kappa shape index (κ1) is 16.6. The molecule has 7 heteroatoms. The molecule has 0 aliphatic rings. The van der Waals surface area contributed by atoms with Gasteiger partial charge in [-0.25, -0.2) is 0 Å². The third-order valence-electron chi connectivity index (χ3n) is 3.45. The van der Waals surface area contributed by atoms with E-state index in [0.717, 1.165) is 17.0 Å². The predicted octanol–water partition coefficient (Wildman–Crippen LogP) is 1.83. The zero-order valence-corrected chi connectivity index (χ0v) is 13.8. The second kappa shape index (κ2) is 8.05. The zero-order valence-electron chi connectivity index (χ0n) is 13.0. The maximum Gasteiger partial charge on any atom is 0.191 e. The highest BCUT2D eigenvalue weighted by molar-refractivity contribution is 7.99. The van der Waals surface area contributed by atoms with Gasteiger partial charge in [-0.3, -0.25) is 9.55 Å².